The highest BCUT2D eigenvalue weighted by atomic mass is 16.3. The van der Waals surface area contributed by atoms with E-state index in [9.17, 15) is 0 Å². The van der Waals surface area contributed by atoms with Crippen LogP contribution in [0.1, 0.15) is 31.9 Å². The highest BCUT2D eigenvalue weighted by Gasteiger charge is 2.26. The third-order valence-electron chi connectivity index (χ3n) is 3.17. The molecule has 1 aromatic rings. The van der Waals surface area contributed by atoms with E-state index in [1.807, 2.05) is 6.07 Å². The van der Waals surface area contributed by atoms with Crippen molar-refractivity contribution in [3.63, 3.8) is 0 Å². The fourth-order valence-electron chi connectivity index (χ4n) is 2.50. The minimum absolute atomic E-state index is 0.713. The molecule has 0 amide bonds. The van der Waals surface area contributed by atoms with Gasteiger partial charge < -0.3 is 9.73 Å². The maximum Gasteiger partial charge on any atom is 0.104 e. The molecule has 0 aliphatic heterocycles. The number of furan rings is 1. The van der Waals surface area contributed by atoms with Gasteiger partial charge in [0.1, 0.15) is 5.76 Å². The Morgan fingerprint density at radius 2 is 2.43 bits per heavy atom. The minimum Gasteiger partial charge on any atom is -0.469 e. The molecular weight excluding hydrogens is 174 g/mol. The van der Waals surface area contributed by atoms with Gasteiger partial charge in [0.2, 0.25) is 0 Å². The minimum atomic E-state index is 0.713. The van der Waals surface area contributed by atoms with Crippen molar-refractivity contribution in [1.29, 1.82) is 0 Å². The van der Waals surface area contributed by atoms with Crippen molar-refractivity contribution >= 4 is 0 Å². The van der Waals surface area contributed by atoms with E-state index in [1.54, 1.807) is 6.26 Å². The first-order valence-corrected chi connectivity index (χ1v) is 5.66. The first kappa shape index (κ1) is 9.78. The van der Waals surface area contributed by atoms with E-state index in [-0.39, 0.29) is 0 Å². The average Bonchev–Trinajstić information content (AvgIpc) is 2.80. The molecule has 1 aliphatic carbocycles. The van der Waals surface area contributed by atoms with Gasteiger partial charge in [-0.05, 0) is 37.4 Å². The van der Waals surface area contributed by atoms with Crippen LogP contribution in [0.5, 0.6) is 0 Å². The van der Waals surface area contributed by atoms with Gasteiger partial charge in [0.25, 0.3) is 0 Å². The molecule has 2 unspecified atom stereocenters. The number of nitrogens with one attached hydrogen (secondary N) is 1. The van der Waals surface area contributed by atoms with Crippen molar-refractivity contribution in [2.75, 3.05) is 6.54 Å². The van der Waals surface area contributed by atoms with Crippen LogP contribution in [-0.2, 0) is 6.42 Å². The second-order valence-electron chi connectivity index (χ2n) is 4.14. The van der Waals surface area contributed by atoms with Crippen LogP contribution in [0.4, 0.5) is 0 Å². The average molecular weight is 193 g/mol. The predicted molar refractivity (Wildman–Crippen MR) is 57.2 cm³/mol. The van der Waals surface area contributed by atoms with Gasteiger partial charge in [0.15, 0.2) is 0 Å². The number of hydrogen-bond donors (Lipinski definition) is 1. The Morgan fingerprint density at radius 1 is 1.50 bits per heavy atom. The number of rotatable bonds is 4. The second kappa shape index (κ2) is 4.65. The SMILES string of the molecule is CCNC1CCCC1Cc1ccco1. The summed E-state index contributed by atoms with van der Waals surface area (Å²) >= 11 is 0. The highest BCUT2D eigenvalue weighted by Crippen LogP contribution is 2.28. The van der Waals surface area contributed by atoms with Crippen LogP contribution in [-0.4, -0.2) is 12.6 Å². The van der Waals surface area contributed by atoms with Gasteiger partial charge in [-0.3, -0.25) is 0 Å². The van der Waals surface area contributed by atoms with E-state index in [2.05, 4.69) is 18.3 Å². The molecule has 0 spiro atoms. The monoisotopic (exact) mass is 193 g/mol. The number of hydrogen-bond acceptors (Lipinski definition) is 2. The third-order valence-corrected chi connectivity index (χ3v) is 3.17. The third kappa shape index (κ3) is 2.18. The summed E-state index contributed by atoms with van der Waals surface area (Å²) in [7, 11) is 0. The van der Waals surface area contributed by atoms with Crippen molar-refractivity contribution in [2.45, 2.75) is 38.6 Å². The lowest BCUT2D eigenvalue weighted by Crippen LogP contribution is -2.33. The van der Waals surface area contributed by atoms with Crippen LogP contribution >= 0.6 is 0 Å². The molecule has 0 bridgehead atoms. The lowest BCUT2D eigenvalue weighted by atomic mass is 9.98. The molecule has 2 rings (SSSR count). The molecule has 1 N–H and O–H groups in total. The summed E-state index contributed by atoms with van der Waals surface area (Å²) in [6.07, 6.45) is 6.91. The van der Waals surface area contributed by atoms with Crippen molar-refractivity contribution in [1.82, 2.24) is 5.32 Å². The van der Waals surface area contributed by atoms with Gasteiger partial charge in [0, 0.05) is 12.5 Å². The highest BCUT2D eigenvalue weighted by molar-refractivity contribution is 5.01. The molecule has 1 fully saturated rings. The van der Waals surface area contributed by atoms with E-state index in [0.29, 0.717) is 6.04 Å². The normalized spacial score (nSPS) is 26.9. The lowest BCUT2D eigenvalue weighted by Gasteiger charge is -2.19. The zero-order chi connectivity index (χ0) is 9.80. The first-order chi connectivity index (χ1) is 6.90. The van der Waals surface area contributed by atoms with E-state index >= 15 is 0 Å². The fourth-order valence-corrected chi connectivity index (χ4v) is 2.50. The summed E-state index contributed by atoms with van der Waals surface area (Å²) < 4.78 is 5.39. The summed E-state index contributed by atoms with van der Waals surface area (Å²) in [5.41, 5.74) is 0. The maximum absolute atomic E-state index is 5.39. The molecule has 1 aliphatic rings. The molecule has 1 heterocycles. The second-order valence-corrected chi connectivity index (χ2v) is 4.14. The Balaban J connectivity index is 1.90. The van der Waals surface area contributed by atoms with Crippen molar-refractivity contribution in [2.24, 2.45) is 5.92 Å². The van der Waals surface area contributed by atoms with E-state index in [1.165, 1.54) is 19.3 Å². The fraction of sp³-hybridized carbons (Fsp3) is 0.667. The van der Waals surface area contributed by atoms with Crippen LogP contribution in [0.15, 0.2) is 22.8 Å². The van der Waals surface area contributed by atoms with Crippen molar-refractivity contribution < 1.29 is 4.42 Å². The summed E-state index contributed by atoms with van der Waals surface area (Å²) in [5.74, 6) is 1.92. The zero-order valence-corrected chi connectivity index (χ0v) is 8.83. The van der Waals surface area contributed by atoms with Gasteiger partial charge in [-0.15, -0.1) is 0 Å². The van der Waals surface area contributed by atoms with E-state index < -0.39 is 0 Å². The molecule has 1 saturated carbocycles. The van der Waals surface area contributed by atoms with Crippen molar-refractivity contribution in [3.05, 3.63) is 24.2 Å². The Kier molecular flexibility index (Phi) is 3.25. The van der Waals surface area contributed by atoms with Crippen LogP contribution in [0.3, 0.4) is 0 Å². The Bertz CT molecular complexity index is 255. The van der Waals surface area contributed by atoms with E-state index in [4.69, 9.17) is 4.42 Å². The summed E-state index contributed by atoms with van der Waals surface area (Å²) in [5, 5.41) is 3.57. The quantitative estimate of drug-likeness (QED) is 0.795. The smallest absolute Gasteiger partial charge is 0.104 e. The van der Waals surface area contributed by atoms with Crippen LogP contribution in [0, 0.1) is 5.92 Å². The lowest BCUT2D eigenvalue weighted by molar-refractivity contribution is 0.374. The predicted octanol–water partition coefficient (Wildman–Crippen LogP) is 2.60. The summed E-state index contributed by atoms with van der Waals surface area (Å²) in [6, 6.07) is 4.78. The van der Waals surface area contributed by atoms with Crippen LogP contribution in [0.25, 0.3) is 0 Å². The van der Waals surface area contributed by atoms with Gasteiger partial charge in [-0.2, -0.15) is 0 Å². The maximum atomic E-state index is 5.39. The van der Waals surface area contributed by atoms with Gasteiger partial charge in [-0.1, -0.05) is 13.3 Å². The largest absolute Gasteiger partial charge is 0.469 e. The Hall–Kier alpha value is -0.760. The van der Waals surface area contributed by atoms with Gasteiger partial charge in [-0.25, -0.2) is 0 Å². The molecule has 78 valence electrons. The van der Waals surface area contributed by atoms with Gasteiger partial charge >= 0.3 is 0 Å². The summed E-state index contributed by atoms with van der Waals surface area (Å²) in [6.45, 7) is 3.27. The molecule has 0 radical (unpaired) electrons. The molecule has 2 atom stereocenters. The van der Waals surface area contributed by atoms with Crippen molar-refractivity contribution in [3.8, 4) is 0 Å². The van der Waals surface area contributed by atoms with E-state index in [0.717, 1.165) is 24.6 Å². The standard InChI is InChI=1S/C12H19NO/c1-2-13-12-7-3-5-10(12)9-11-6-4-8-14-11/h4,6,8,10,12-13H,2-3,5,7,9H2,1H3. The topological polar surface area (TPSA) is 25.2 Å². The summed E-state index contributed by atoms with van der Waals surface area (Å²) in [4.78, 5) is 0. The van der Waals surface area contributed by atoms with Crippen LogP contribution in [0.2, 0.25) is 0 Å². The molecule has 0 aromatic carbocycles. The first-order valence-electron chi connectivity index (χ1n) is 5.66. The Morgan fingerprint density at radius 3 is 3.14 bits per heavy atom. The molecule has 14 heavy (non-hydrogen) atoms. The van der Waals surface area contributed by atoms with Crippen LogP contribution < -0.4 is 5.32 Å². The molecule has 1 aromatic heterocycles. The zero-order valence-electron chi connectivity index (χ0n) is 8.83. The molecule has 2 heteroatoms. The molecule has 0 saturated heterocycles. The molecule has 2 nitrogen and oxygen atoms in total. The Labute approximate surface area is 85.7 Å². The van der Waals surface area contributed by atoms with Gasteiger partial charge in [0.05, 0.1) is 6.26 Å². The molecular formula is C12H19NO.